The molecule has 6 heteroatoms. The highest BCUT2D eigenvalue weighted by Gasteiger charge is 2.07. The van der Waals surface area contributed by atoms with Crippen molar-refractivity contribution >= 4 is 16.5 Å². The molecule has 1 aromatic heterocycles. The van der Waals surface area contributed by atoms with Crippen LogP contribution in [0.3, 0.4) is 0 Å². The molecule has 0 saturated heterocycles. The number of nitrogens with zero attached hydrogens (tertiary/aromatic N) is 2. The molecule has 14 heavy (non-hydrogen) atoms. The van der Waals surface area contributed by atoms with E-state index in [1.165, 1.54) is 12.1 Å². The van der Waals surface area contributed by atoms with Gasteiger partial charge in [0, 0.05) is 5.56 Å². The van der Waals surface area contributed by atoms with Gasteiger partial charge in [0.2, 0.25) is 5.13 Å². The van der Waals surface area contributed by atoms with Crippen LogP contribution in [0.4, 0.5) is 9.52 Å². The Hall–Kier alpha value is -1.69. The largest absolute Gasteiger partial charge is 0.505 e. The minimum absolute atomic E-state index is 0.327. The summed E-state index contributed by atoms with van der Waals surface area (Å²) in [7, 11) is 0. The number of aromatic hydroxyl groups is 1. The summed E-state index contributed by atoms with van der Waals surface area (Å²) in [6, 6.07) is 4.01. The number of hydrogen-bond acceptors (Lipinski definition) is 5. The molecular weight excluding hydrogens is 205 g/mol. The Morgan fingerprint density at radius 2 is 2.14 bits per heavy atom. The van der Waals surface area contributed by atoms with E-state index in [-0.39, 0.29) is 5.75 Å². The molecule has 1 aromatic carbocycles. The fraction of sp³-hybridized carbons (Fsp3) is 0. The molecule has 3 N–H and O–H groups in total. The average Bonchev–Trinajstić information content (AvgIpc) is 2.57. The first-order valence-corrected chi connectivity index (χ1v) is 4.56. The molecule has 0 amide bonds. The fourth-order valence-electron chi connectivity index (χ4n) is 0.991. The van der Waals surface area contributed by atoms with E-state index in [0.29, 0.717) is 15.7 Å². The lowest BCUT2D eigenvalue weighted by molar-refractivity contribution is 0.432. The molecule has 2 rings (SSSR count). The Bertz CT molecular complexity index is 471. The molecule has 0 atom stereocenters. The summed E-state index contributed by atoms with van der Waals surface area (Å²) < 4.78 is 12.9. The summed E-state index contributed by atoms with van der Waals surface area (Å²) in [5.74, 6) is -1.07. The number of nitrogens with two attached hydrogens (primary N) is 1. The van der Waals surface area contributed by atoms with E-state index in [2.05, 4.69) is 10.2 Å². The lowest BCUT2D eigenvalue weighted by atomic mass is 10.2. The number of halogens is 1. The second kappa shape index (κ2) is 3.22. The number of phenolic OH excluding ortho intramolecular Hbond substituents is 1. The Kier molecular flexibility index (Phi) is 2.05. The zero-order valence-electron chi connectivity index (χ0n) is 6.94. The highest BCUT2D eigenvalue weighted by Crippen LogP contribution is 2.27. The van der Waals surface area contributed by atoms with E-state index in [1.54, 1.807) is 6.07 Å². The van der Waals surface area contributed by atoms with E-state index < -0.39 is 5.82 Å². The van der Waals surface area contributed by atoms with Gasteiger partial charge < -0.3 is 10.8 Å². The van der Waals surface area contributed by atoms with Gasteiger partial charge in [0.15, 0.2) is 11.6 Å². The first kappa shape index (κ1) is 8.89. The summed E-state index contributed by atoms with van der Waals surface area (Å²) in [4.78, 5) is 0. The van der Waals surface area contributed by atoms with Crippen molar-refractivity contribution in [3.63, 3.8) is 0 Å². The van der Waals surface area contributed by atoms with Crippen LogP contribution in [-0.2, 0) is 0 Å². The Morgan fingerprint density at radius 3 is 2.71 bits per heavy atom. The summed E-state index contributed by atoms with van der Waals surface area (Å²) in [6.07, 6.45) is 0. The van der Waals surface area contributed by atoms with Crippen LogP contribution in [-0.4, -0.2) is 15.3 Å². The van der Waals surface area contributed by atoms with Gasteiger partial charge in [0.05, 0.1) is 0 Å². The molecule has 0 aliphatic carbocycles. The monoisotopic (exact) mass is 211 g/mol. The van der Waals surface area contributed by atoms with Crippen molar-refractivity contribution in [1.29, 1.82) is 0 Å². The fourth-order valence-corrected chi connectivity index (χ4v) is 1.60. The van der Waals surface area contributed by atoms with Gasteiger partial charge in [-0.25, -0.2) is 4.39 Å². The molecule has 0 saturated carbocycles. The summed E-state index contributed by atoms with van der Waals surface area (Å²) in [5, 5.41) is 17.2. The first-order valence-electron chi connectivity index (χ1n) is 3.74. The van der Waals surface area contributed by atoms with Crippen LogP contribution >= 0.6 is 11.3 Å². The molecule has 0 bridgehead atoms. The van der Waals surface area contributed by atoms with Gasteiger partial charge in [-0.2, -0.15) is 0 Å². The van der Waals surface area contributed by atoms with Gasteiger partial charge in [-0.05, 0) is 18.2 Å². The van der Waals surface area contributed by atoms with E-state index in [0.717, 1.165) is 11.3 Å². The topological polar surface area (TPSA) is 72.0 Å². The number of phenols is 1. The second-order valence-electron chi connectivity index (χ2n) is 2.61. The van der Waals surface area contributed by atoms with Crippen LogP contribution in [0.5, 0.6) is 5.75 Å². The molecule has 0 aliphatic rings. The van der Waals surface area contributed by atoms with Crippen LogP contribution in [0.25, 0.3) is 10.6 Å². The van der Waals surface area contributed by atoms with Crippen molar-refractivity contribution in [2.24, 2.45) is 0 Å². The minimum Gasteiger partial charge on any atom is -0.505 e. The zero-order chi connectivity index (χ0) is 10.1. The lowest BCUT2D eigenvalue weighted by Gasteiger charge is -1.97. The molecule has 0 unspecified atom stereocenters. The molecule has 4 nitrogen and oxygen atoms in total. The number of benzene rings is 1. The van der Waals surface area contributed by atoms with E-state index in [4.69, 9.17) is 10.8 Å². The number of rotatable bonds is 1. The average molecular weight is 211 g/mol. The van der Waals surface area contributed by atoms with Gasteiger partial charge in [-0.15, -0.1) is 10.2 Å². The highest BCUT2D eigenvalue weighted by molar-refractivity contribution is 7.18. The van der Waals surface area contributed by atoms with Crippen LogP contribution < -0.4 is 5.73 Å². The normalized spacial score (nSPS) is 10.4. The third-order valence-corrected chi connectivity index (χ3v) is 2.44. The smallest absolute Gasteiger partial charge is 0.203 e. The highest BCUT2D eigenvalue weighted by atomic mass is 32.1. The third-order valence-electron chi connectivity index (χ3n) is 1.64. The molecule has 0 fully saturated rings. The van der Waals surface area contributed by atoms with Gasteiger partial charge in [-0.1, -0.05) is 11.3 Å². The number of aromatic nitrogens is 2. The van der Waals surface area contributed by atoms with Crippen LogP contribution in [0.1, 0.15) is 0 Å². The third kappa shape index (κ3) is 1.51. The Balaban J connectivity index is 2.47. The molecule has 72 valence electrons. The second-order valence-corrected chi connectivity index (χ2v) is 3.62. The van der Waals surface area contributed by atoms with E-state index >= 15 is 0 Å². The number of hydrogen-bond donors (Lipinski definition) is 2. The van der Waals surface area contributed by atoms with E-state index in [1.807, 2.05) is 0 Å². The van der Waals surface area contributed by atoms with Crippen LogP contribution in [0.2, 0.25) is 0 Å². The molecule has 2 aromatic rings. The standard InChI is InChI=1S/C8H6FN3OS/c9-5-3-4(1-2-6(5)13)7-11-12-8(10)14-7/h1-3,13H,(H2,10,12). The Morgan fingerprint density at radius 1 is 1.36 bits per heavy atom. The Labute approximate surface area is 82.8 Å². The number of anilines is 1. The van der Waals surface area contributed by atoms with Gasteiger partial charge in [-0.3, -0.25) is 0 Å². The van der Waals surface area contributed by atoms with Gasteiger partial charge in [0.1, 0.15) is 5.01 Å². The quantitative estimate of drug-likeness (QED) is 0.752. The van der Waals surface area contributed by atoms with Crippen LogP contribution in [0, 0.1) is 5.82 Å². The maximum Gasteiger partial charge on any atom is 0.203 e. The van der Waals surface area contributed by atoms with Crippen LogP contribution in [0.15, 0.2) is 18.2 Å². The summed E-state index contributed by atoms with van der Waals surface area (Å²) in [6.45, 7) is 0. The maximum absolute atomic E-state index is 12.9. The van der Waals surface area contributed by atoms with Crippen molar-refractivity contribution in [1.82, 2.24) is 10.2 Å². The lowest BCUT2D eigenvalue weighted by Crippen LogP contribution is -1.81. The van der Waals surface area contributed by atoms with Crippen molar-refractivity contribution in [2.45, 2.75) is 0 Å². The number of nitrogen functional groups attached to an aromatic ring is 1. The summed E-state index contributed by atoms with van der Waals surface area (Å²) >= 11 is 1.16. The molecule has 0 spiro atoms. The van der Waals surface area contributed by atoms with Crippen molar-refractivity contribution in [3.8, 4) is 16.3 Å². The maximum atomic E-state index is 12.9. The molecule has 0 radical (unpaired) electrons. The van der Waals surface area contributed by atoms with Crippen molar-refractivity contribution < 1.29 is 9.50 Å². The predicted octanol–water partition coefficient (Wildman–Crippen LogP) is 1.63. The van der Waals surface area contributed by atoms with Crippen molar-refractivity contribution in [3.05, 3.63) is 24.0 Å². The molecule has 1 heterocycles. The van der Waals surface area contributed by atoms with Crippen molar-refractivity contribution in [2.75, 3.05) is 5.73 Å². The van der Waals surface area contributed by atoms with Gasteiger partial charge in [0.25, 0.3) is 0 Å². The first-order chi connectivity index (χ1) is 6.66. The zero-order valence-corrected chi connectivity index (χ0v) is 7.75. The van der Waals surface area contributed by atoms with Gasteiger partial charge >= 0.3 is 0 Å². The minimum atomic E-state index is -0.684. The predicted molar refractivity (Wildman–Crippen MR) is 51.4 cm³/mol. The SMILES string of the molecule is Nc1nnc(-c2ccc(O)c(F)c2)s1. The van der Waals surface area contributed by atoms with E-state index in [9.17, 15) is 4.39 Å². The summed E-state index contributed by atoms with van der Waals surface area (Å²) in [5.41, 5.74) is 5.94. The molecular formula is C8H6FN3OS. The molecule has 0 aliphatic heterocycles.